The number of nitrogens with one attached hydrogen (secondary N) is 1. The lowest BCUT2D eigenvalue weighted by molar-refractivity contribution is -0.119. The average Bonchev–Trinajstić information content (AvgIpc) is 3.22. The van der Waals surface area contributed by atoms with Gasteiger partial charge in [-0.25, -0.2) is 0 Å². The molecule has 4 aromatic rings. The summed E-state index contributed by atoms with van der Waals surface area (Å²) in [6, 6.07) is 16.8. The van der Waals surface area contributed by atoms with Gasteiger partial charge in [0.25, 0.3) is 0 Å². The Morgan fingerprint density at radius 3 is 2.67 bits per heavy atom. The van der Waals surface area contributed by atoms with Crippen LogP contribution < -0.4 is 5.32 Å². The lowest BCUT2D eigenvalue weighted by Gasteiger charge is -2.16. The summed E-state index contributed by atoms with van der Waals surface area (Å²) in [5, 5.41) is 13.4. The van der Waals surface area contributed by atoms with E-state index in [2.05, 4.69) is 20.5 Å². The fraction of sp³-hybridized carbons (Fsp3) is 0.167. The Morgan fingerprint density at radius 1 is 1.12 bits per heavy atom. The first-order valence-electron chi connectivity index (χ1n) is 10.2. The zero-order chi connectivity index (χ0) is 23.4. The van der Waals surface area contributed by atoms with Gasteiger partial charge >= 0.3 is 0 Å². The summed E-state index contributed by atoms with van der Waals surface area (Å²) < 4.78 is 1.96. The van der Waals surface area contributed by atoms with Gasteiger partial charge in [0.1, 0.15) is 0 Å². The van der Waals surface area contributed by atoms with Crippen molar-refractivity contribution in [3.63, 3.8) is 0 Å². The second kappa shape index (κ2) is 10.4. The lowest BCUT2D eigenvalue weighted by atomic mass is 10.1. The summed E-state index contributed by atoms with van der Waals surface area (Å²) in [5.41, 5.74) is 3.67. The molecule has 0 aliphatic carbocycles. The van der Waals surface area contributed by atoms with Crippen LogP contribution in [0, 0.1) is 6.92 Å². The number of hydrogen-bond donors (Lipinski definition) is 1. The highest BCUT2D eigenvalue weighted by atomic mass is 35.5. The molecule has 0 fully saturated rings. The van der Waals surface area contributed by atoms with Crippen molar-refractivity contribution in [2.45, 2.75) is 25.0 Å². The maximum atomic E-state index is 12.7. The van der Waals surface area contributed by atoms with Crippen molar-refractivity contribution in [1.29, 1.82) is 0 Å². The molecule has 1 atom stereocenters. The van der Waals surface area contributed by atoms with E-state index < -0.39 is 0 Å². The zero-order valence-corrected chi connectivity index (χ0v) is 20.3. The summed E-state index contributed by atoms with van der Waals surface area (Å²) in [7, 11) is 0. The van der Waals surface area contributed by atoms with E-state index in [0.29, 0.717) is 21.0 Å². The number of carbonyl (C=O) groups excluding carboxylic acids is 1. The number of hydrogen-bond acceptors (Lipinski definition) is 5. The molecule has 0 unspecified atom stereocenters. The van der Waals surface area contributed by atoms with Gasteiger partial charge < -0.3 is 5.32 Å². The molecule has 2 heterocycles. The molecule has 2 aromatic heterocycles. The number of amides is 1. The minimum absolute atomic E-state index is 0.138. The Kier molecular flexibility index (Phi) is 7.33. The molecule has 0 spiro atoms. The molecule has 0 aliphatic rings. The number of carbonyl (C=O) groups is 1. The maximum absolute atomic E-state index is 12.7. The minimum atomic E-state index is -0.261. The van der Waals surface area contributed by atoms with Gasteiger partial charge in [-0.1, -0.05) is 59.2 Å². The number of aromatic nitrogens is 4. The van der Waals surface area contributed by atoms with Crippen molar-refractivity contribution in [3.05, 3.63) is 88.2 Å². The third-order valence-electron chi connectivity index (χ3n) is 5.05. The number of rotatable bonds is 7. The van der Waals surface area contributed by atoms with Crippen LogP contribution in [0.25, 0.3) is 17.1 Å². The lowest BCUT2D eigenvalue weighted by Crippen LogP contribution is -2.28. The largest absolute Gasteiger partial charge is 0.349 e. The third kappa shape index (κ3) is 5.38. The molecular weight excluding hydrogens is 477 g/mol. The van der Waals surface area contributed by atoms with Crippen LogP contribution in [0.2, 0.25) is 10.0 Å². The van der Waals surface area contributed by atoms with Crippen LogP contribution in [-0.2, 0) is 4.79 Å². The van der Waals surface area contributed by atoms with E-state index in [4.69, 9.17) is 23.2 Å². The minimum Gasteiger partial charge on any atom is -0.349 e. The summed E-state index contributed by atoms with van der Waals surface area (Å²) in [6.07, 6.45) is 3.46. The van der Waals surface area contributed by atoms with Gasteiger partial charge in [-0.3, -0.25) is 14.3 Å². The highest BCUT2D eigenvalue weighted by Crippen LogP contribution is 2.30. The Bertz CT molecular complexity index is 1280. The SMILES string of the molecule is Cc1ccccc1-n1c(SCC(=O)N[C@@H](C)c2ccc(Cl)cc2Cl)nnc1-c1cccnc1. The van der Waals surface area contributed by atoms with E-state index in [1.54, 1.807) is 24.5 Å². The van der Waals surface area contributed by atoms with Gasteiger partial charge in [-0.05, 0) is 55.3 Å². The fourth-order valence-corrected chi connectivity index (χ4v) is 4.75. The molecule has 0 radical (unpaired) electrons. The van der Waals surface area contributed by atoms with Gasteiger partial charge in [-0.2, -0.15) is 0 Å². The number of pyridine rings is 1. The normalized spacial score (nSPS) is 11.9. The van der Waals surface area contributed by atoms with Crippen LogP contribution in [0.5, 0.6) is 0 Å². The van der Waals surface area contributed by atoms with Gasteiger partial charge in [0.2, 0.25) is 5.91 Å². The Morgan fingerprint density at radius 2 is 1.94 bits per heavy atom. The van der Waals surface area contributed by atoms with E-state index in [1.165, 1.54) is 11.8 Å². The second-order valence-corrected chi connectivity index (χ2v) is 9.20. The maximum Gasteiger partial charge on any atom is 0.230 e. The fourth-order valence-electron chi connectivity index (χ4n) is 3.42. The average molecular weight is 498 g/mol. The standard InChI is InChI=1S/C24H21Cl2N5OS/c1-15-6-3-4-8-21(15)31-23(17-7-5-11-27-13-17)29-30-24(31)33-14-22(32)28-16(2)19-10-9-18(25)12-20(19)26/h3-13,16H,14H2,1-2H3,(H,28,32)/t16-/m0/s1. The molecule has 33 heavy (non-hydrogen) atoms. The molecule has 0 saturated carbocycles. The quantitative estimate of drug-likeness (QED) is 0.321. The van der Waals surface area contributed by atoms with Crippen molar-refractivity contribution in [2.75, 3.05) is 5.75 Å². The Balaban J connectivity index is 1.55. The number of benzene rings is 2. The molecule has 0 bridgehead atoms. The predicted molar refractivity (Wildman–Crippen MR) is 133 cm³/mol. The number of halogens is 2. The first kappa shape index (κ1) is 23.3. The van der Waals surface area contributed by atoms with Crippen molar-refractivity contribution in [3.8, 4) is 17.1 Å². The zero-order valence-electron chi connectivity index (χ0n) is 18.0. The van der Waals surface area contributed by atoms with Crippen LogP contribution in [0.1, 0.15) is 24.1 Å². The van der Waals surface area contributed by atoms with E-state index in [-0.39, 0.29) is 17.7 Å². The van der Waals surface area contributed by atoms with E-state index in [0.717, 1.165) is 22.4 Å². The van der Waals surface area contributed by atoms with Gasteiger partial charge in [0.05, 0.1) is 17.5 Å². The topological polar surface area (TPSA) is 72.7 Å². The first-order valence-corrected chi connectivity index (χ1v) is 12.0. The highest BCUT2D eigenvalue weighted by Gasteiger charge is 2.19. The Hall–Kier alpha value is -2.87. The van der Waals surface area contributed by atoms with Crippen LogP contribution in [0.3, 0.4) is 0 Å². The third-order valence-corrected chi connectivity index (χ3v) is 6.54. The first-order chi connectivity index (χ1) is 15.9. The van der Waals surface area contributed by atoms with Gasteiger partial charge in [-0.15, -0.1) is 10.2 Å². The van der Waals surface area contributed by atoms with Crippen LogP contribution >= 0.6 is 35.0 Å². The van der Waals surface area contributed by atoms with Gasteiger partial charge in [0.15, 0.2) is 11.0 Å². The van der Waals surface area contributed by atoms with Crippen LogP contribution in [0.4, 0.5) is 0 Å². The van der Waals surface area contributed by atoms with Crippen molar-refractivity contribution >= 4 is 40.9 Å². The van der Waals surface area contributed by atoms with Crippen LogP contribution in [0.15, 0.2) is 72.1 Å². The monoisotopic (exact) mass is 497 g/mol. The molecular formula is C24H21Cl2N5OS. The highest BCUT2D eigenvalue weighted by molar-refractivity contribution is 7.99. The number of thioether (sulfide) groups is 1. The van der Waals surface area contributed by atoms with E-state index in [9.17, 15) is 4.79 Å². The molecule has 1 N–H and O–H groups in total. The molecule has 0 aliphatic heterocycles. The van der Waals surface area contributed by atoms with Crippen molar-refractivity contribution in [1.82, 2.24) is 25.1 Å². The predicted octanol–water partition coefficient (Wildman–Crippen LogP) is 5.91. The summed E-state index contributed by atoms with van der Waals surface area (Å²) in [4.78, 5) is 16.9. The van der Waals surface area contributed by atoms with Crippen molar-refractivity contribution < 1.29 is 4.79 Å². The van der Waals surface area contributed by atoms with E-state index >= 15 is 0 Å². The number of para-hydroxylation sites is 1. The Labute approximate surface area is 206 Å². The molecule has 1 amide bonds. The molecule has 168 valence electrons. The molecule has 0 saturated heterocycles. The summed E-state index contributed by atoms with van der Waals surface area (Å²) >= 11 is 13.6. The van der Waals surface area contributed by atoms with Crippen LogP contribution in [-0.4, -0.2) is 31.4 Å². The molecule has 4 rings (SSSR count). The molecule has 9 heteroatoms. The summed E-state index contributed by atoms with van der Waals surface area (Å²) in [6.45, 7) is 3.91. The van der Waals surface area contributed by atoms with E-state index in [1.807, 2.05) is 60.9 Å². The van der Waals surface area contributed by atoms with Gasteiger partial charge in [0, 0.05) is 28.0 Å². The molecule has 6 nitrogen and oxygen atoms in total. The number of aryl methyl sites for hydroxylation is 1. The smallest absolute Gasteiger partial charge is 0.230 e. The summed E-state index contributed by atoms with van der Waals surface area (Å²) in [5.74, 6) is 0.703. The van der Waals surface area contributed by atoms with Crippen molar-refractivity contribution in [2.24, 2.45) is 0 Å². The molecule has 2 aromatic carbocycles. The second-order valence-electron chi connectivity index (χ2n) is 7.41. The number of nitrogens with zero attached hydrogens (tertiary/aromatic N) is 4.